The molecule has 0 spiro atoms. The highest BCUT2D eigenvalue weighted by atomic mass is 35.5. The monoisotopic (exact) mass is 471 g/mol. The van der Waals surface area contributed by atoms with Gasteiger partial charge in [-0.05, 0) is 54.7 Å². The maximum absolute atomic E-state index is 14.4. The molecule has 3 rings (SSSR count). The Morgan fingerprint density at radius 1 is 1.19 bits per heavy atom. The molecule has 2 aromatic carbocycles. The molecule has 0 radical (unpaired) electrons. The van der Waals surface area contributed by atoms with Crippen LogP contribution in [0.5, 0.6) is 0 Å². The van der Waals surface area contributed by atoms with Crippen molar-refractivity contribution in [3.05, 3.63) is 64.4 Å². The highest BCUT2D eigenvalue weighted by molar-refractivity contribution is 6.30. The molecule has 4 nitrogen and oxygen atoms in total. The van der Waals surface area contributed by atoms with Crippen LogP contribution < -0.4 is 5.32 Å². The van der Waals surface area contributed by atoms with Gasteiger partial charge < -0.3 is 10.1 Å². The Labute approximate surface area is 187 Å². The van der Waals surface area contributed by atoms with Gasteiger partial charge in [-0.3, -0.25) is 9.59 Å². The highest BCUT2D eigenvalue weighted by Crippen LogP contribution is 2.49. The van der Waals surface area contributed by atoms with E-state index in [-0.39, 0.29) is 35.7 Å². The number of rotatable bonds is 7. The first-order chi connectivity index (χ1) is 15.0. The fraction of sp³-hybridized carbons (Fsp3) is 0.391. The molecule has 0 heterocycles. The molecule has 0 aliphatic heterocycles. The van der Waals surface area contributed by atoms with Crippen molar-refractivity contribution in [3.8, 4) is 0 Å². The van der Waals surface area contributed by atoms with Gasteiger partial charge in [-0.2, -0.15) is 13.2 Å². The second kappa shape index (κ2) is 9.48. The van der Waals surface area contributed by atoms with Gasteiger partial charge in [0.15, 0.2) is 0 Å². The maximum atomic E-state index is 14.4. The molecule has 4 unspecified atom stereocenters. The molecule has 1 fully saturated rings. The van der Waals surface area contributed by atoms with Gasteiger partial charge in [0, 0.05) is 5.02 Å². The van der Waals surface area contributed by atoms with E-state index in [1.54, 1.807) is 6.92 Å². The summed E-state index contributed by atoms with van der Waals surface area (Å²) in [6.07, 6.45) is -4.13. The second-order valence-electron chi connectivity index (χ2n) is 7.79. The topological polar surface area (TPSA) is 55.4 Å². The summed E-state index contributed by atoms with van der Waals surface area (Å²) in [5.41, 5.74) is 0.472. The van der Waals surface area contributed by atoms with E-state index in [9.17, 15) is 27.2 Å². The van der Waals surface area contributed by atoms with Crippen molar-refractivity contribution in [2.75, 3.05) is 11.9 Å². The van der Waals surface area contributed by atoms with Crippen molar-refractivity contribution < 1.29 is 31.9 Å². The summed E-state index contributed by atoms with van der Waals surface area (Å²) in [6, 6.07) is 9.44. The summed E-state index contributed by atoms with van der Waals surface area (Å²) < 4.78 is 59.8. The standard InChI is InChI=1S/C23H22ClF4NO3/c1-3-32-22(31)17-11-16(17)14-6-9-18(25)19(10-14)29-21(30)20(12(2)23(26,27)28)13-4-7-15(24)8-5-13/h4-10,12,16-17,20H,3,11H2,1-2H3,(H,29,30). The fourth-order valence-electron chi connectivity index (χ4n) is 3.68. The molecule has 1 amide bonds. The van der Waals surface area contributed by atoms with Crippen molar-refractivity contribution >= 4 is 29.2 Å². The molecule has 0 aromatic heterocycles. The molecule has 1 saturated carbocycles. The Morgan fingerprint density at radius 3 is 2.44 bits per heavy atom. The van der Waals surface area contributed by atoms with Crippen LogP contribution in [0.15, 0.2) is 42.5 Å². The first-order valence-corrected chi connectivity index (χ1v) is 10.5. The average Bonchev–Trinajstić information content (AvgIpc) is 3.52. The Morgan fingerprint density at radius 2 is 1.84 bits per heavy atom. The van der Waals surface area contributed by atoms with E-state index in [1.807, 2.05) is 0 Å². The van der Waals surface area contributed by atoms with Crippen LogP contribution in [0.4, 0.5) is 23.2 Å². The first-order valence-electron chi connectivity index (χ1n) is 10.1. The van der Waals surface area contributed by atoms with Gasteiger partial charge in [0.1, 0.15) is 5.82 Å². The van der Waals surface area contributed by atoms with Crippen LogP contribution in [-0.2, 0) is 14.3 Å². The van der Waals surface area contributed by atoms with Crippen molar-refractivity contribution in [3.63, 3.8) is 0 Å². The van der Waals surface area contributed by atoms with Gasteiger partial charge >= 0.3 is 12.1 Å². The molecule has 4 atom stereocenters. The van der Waals surface area contributed by atoms with E-state index in [0.717, 1.165) is 13.0 Å². The van der Waals surface area contributed by atoms with Gasteiger partial charge in [-0.1, -0.05) is 36.7 Å². The van der Waals surface area contributed by atoms with Crippen molar-refractivity contribution in [2.45, 2.75) is 38.3 Å². The number of nitrogens with one attached hydrogen (secondary N) is 1. The molecule has 32 heavy (non-hydrogen) atoms. The maximum Gasteiger partial charge on any atom is 0.392 e. The number of anilines is 1. The number of benzene rings is 2. The van der Waals surface area contributed by atoms with Crippen LogP contribution in [0.3, 0.4) is 0 Å². The third kappa shape index (κ3) is 5.41. The molecular formula is C23H22ClF4NO3. The Kier molecular flexibility index (Phi) is 7.12. The Balaban J connectivity index is 1.84. The Hall–Kier alpha value is -2.61. The summed E-state index contributed by atoms with van der Waals surface area (Å²) in [6.45, 7) is 2.84. The largest absolute Gasteiger partial charge is 0.466 e. The summed E-state index contributed by atoms with van der Waals surface area (Å²) in [7, 11) is 0. The second-order valence-corrected chi connectivity index (χ2v) is 8.23. The third-order valence-electron chi connectivity index (χ3n) is 5.58. The van der Waals surface area contributed by atoms with Crippen LogP contribution in [0, 0.1) is 17.7 Å². The number of ether oxygens (including phenoxy) is 1. The van der Waals surface area contributed by atoms with E-state index in [0.29, 0.717) is 17.0 Å². The van der Waals surface area contributed by atoms with Gasteiger partial charge in [-0.25, -0.2) is 4.39 Å². The van der Waals surface area contributed by atoms with Crippen molar-refractivity contribution in [1.82, 2.24) is 0 Å². The fourth-order valence-corrected chi connectivity index (χ4v) is 3.81. The van der Waals surface area contributed by atoms with Crippen LogP contribution in [0.2, 0.25) is 5.02 Å². The number of esters is 1. The number of alkyl halides is 3. The lowest BCUT2D eigenvalue weighted by atomic mass is 9.86. The molecule has 1 aliphatic carbocycles. The zero-order valence-electron chi connectivity index (χ0n) is 17.4. The highest BCUT2D eigenvalue weighted by Gasteiger charge is 2.46. The number of halogens is 5. The van der Waals surface area contributed by atoms with Crippen LogP contribution in [-0.4, -0.2) is 24.7 Å². The van der Waals surface area contributed by atoms with Crippen LogP contribution in [0.25, 0.3) is 0 Å². The van der Waals surface area contributed by atoms with Crippen LogP contribution in [0.1, 0.15) is 43.2 Å². The van der Waals surface area contributed by atoms with E-state index in [4.69, 9.17) is 16.3 Å². The summed E-state index contributed by atoms with van der Waals surface area (Å²) in [5.74, 6) is -6.30. The molecular weight excluding hydrogens is 450 g/mol. The number of hydrogen-bond acceptors (Lipinski definition) is 3. The quantitative estimate of drug-likeness (QED) is 0.394. The number of amides is 1. The Bertz CT molecular complexity index is 994. The van der Waals surface area contributed by atoms with Gasteiger partial charge in [0.05, 0.1) is 30.0 Å². The summed E-state index contributed by atoms with van der Waals surface area (Å²) in [4.78, 5) is 24.8. The molecule has 0 saturated heterocycles. The van der Waals surface area contributed by atoms with E-state index < -0.39 is 29.7 Å². The lowest BCUT2D eigenvalue weighted by Crippen LogP contribution is -2.34. The van der Waals surface area contributed by atoms with Gasteiger partial charge in [0.2, 0.25) is 5.91 Å². The zero-order valence-corrected chi connectivity index (χ0v) is 18.1. The molecule has 0 bridgehead atoms. The van der Waals surface area contributed by atoms with Gasteiger partial charge in [-0.15, -0.1) is 0 Å². The minimum atomic E-state index is -4.65. The predicted molar refractivity (Wildman–Crippen MR) is 112 cm³/mol. The van der Waals surface area contributed by atoms with Crippen LogP contribution >= 0.6 is 11.6 Å². The minimum Gasteiger partial charge on any atom is -0.466 e. The average molecular weight is 472 g/mol. The molecule has 1 N–H and O–H groups in total. The lowest BCUT2D eigenvalue weighted by molar-refractivity contribution is -0.178. The number of carbonyl (C=O) groups is 2. The molecule has 172 valence electrons. The predicted octanol–water partition coefficient (Wildman–Crippen LogP) is 6.07. The van der Waals surface area contributed by atoms with Crippen molar-refractivity contribution in [2.24, 2.45) is 11.8 Å². The van der Waals surface area contributed by atoms with E-state index in [1.165, 1.54) is 36.4 Å². The lowest BCUT2D eigenvalue weighted by Gasteiger charge is -2.26. The zero-order chi connectivity index (χ0) is 23.6. The molecule has 9 heteroatoms. The first kappa shape index (κ1) is 24.0. The molecule has 2 aromatic rings. The summed E-state index contributed by atoms with van der Waals surface area (Å²) in [5, 5.41) is 2.62. The van der Waals surface area contributed by atoms with Crippen molar-refractivity contribution in [1.29, 1.82) is 0 Å². The summed E-state index contributed by atoms with van der Waals surface area (Å²) >= 11 is 5.82. The minimum absolute atomic E-state index is 0.109. The number of carbonyl (C=O) groups excluding carboxylic acids is 2. The third-order valence-corrected chi connectivity index (χ3v) is 5.84. The van der Waals surface area contributed by atoms with E-state index in [2.05, 4.69) is 5.32 Å². The van der Waals surface area contributed by atoms with Gasteiger partial charge in [0.25, 0.3) is 0 Å². The van der Waals surface area contributed by atoms with E-state index >= 15 is 0 Å². The smallest absolute Gasteiger partial charge is 0.392 e. The molecule has 1 aliphatic rings. The SMILES string of the molecule is CCOC(=O)C1CC1c1ccc(F)c(NC(=O)C(c2ccc(Cl)cc2)C(C)C(F)(F)F)c1. The normalized spacial score (nSPS) is 19.7. The number of hydrogen-bond donors (Lipinski definition) is 1.